The number of carbonyl (C=O) groups excluding carboxylic acids is 3. The van der Waals surface area contributed by atoms with Gasteiger partial charge in [-0.05, 0) is 53.0 Å². The maximum atomic E-state index is 12.6. The van der Waals surface area contributed by atoms with E-state index in [1.807, 2.05) is 0 Å². The Morgan fingerprint density at radius 2 is 1.57 bits per heavy atom. The molecule has 1 aromatic rings. The highest BCUT2D eigenvalue weighted by Crippen LogP contribution is 2.21. The van der Waals surface area contributed by atoms with Crippen molar-refractivity contribution >= 4 is 17.8 Å². The molecular weight excluding hydrogens is 360 g/mol. The molecule has 0 radical (unpaired) electrons. The normalized spacial score (nSPS) is 16.4. The van der Waals surface area contributed by atoms with Gasteiger partial charge in [0.1, 0.15) is 5.69 Å². The molecular formula is C21H32N2O5. The van der Waals surface area contributed by atoms with Gasteiger partial charge >= 0.3 is 11.9 Å². The number of nitrogens with one attached hydrogen (secondary N) is 2. The van der Waals surface area contributed by atoms with Crippen LogP contribution in [-0.4, -0.2) is 41.1 Å². The maximum absolute atomic E-state index is 12.6. The van der Waals surface area contributed by atoms with E-state index in [1.54, 1.807) is 34.6 Å². The second-order valence-electron chi connectivity index (χ2n) is 7.82. The van der Waals surface area contributed by atoms with Gasteiger partial charge in [0.2, 0.25) is 0 Å². The number of rotatable bonds is 6. The van der Waals surface area contributed by atoms with Crippen LogP contribution in [0.4, 0.5) is 0 Å². The van der Waals surface area contributed by atoms with E-state index >= 15 is 0 Å². The zero-order chi connectivity index (χ0) is 20.8. The molecule has 1 aromatic heterocycles. The molecule has 2 N–H and O–H groups in total. The van der Waals surface area contributed by atoms with Crippen molar-refractivity contribution in [3.05, 3.63) is 22.5 Å². The second-order valence-corrected chi connectivity index (χ2v) is 7.82. The third-order valence-electron chi connectivity index (χ3n) is 5.04. The first-order valence-corrected chi connectivity index (χ1v) is 10.1. The lowest BCUT2D eigenvalue weighted by Crippen LogP contribution is -2.42. The molecule has 1 aliphatic rings. The third kappa shape index (κ3) is 5.59. The van der Waals surface area contributed by atoms with Crippen molar-refractivity contribution in [2.75, 3.05) is 0 Å². The number of hydrogen-bond donors (Lipinski definition) is 2. The summed E-state index contributed by atoms with van der Waals surface area (Å²) in [5.41, 5.74) is 1.49. The number of esters is 2. The van der Waals surface area contributed by atoms with Crippen LogP contribution < -0.4 is 5.32 Å². The molecule has 28 heavy (non-hydrogen) atoms. The number of aryl methyl sites for hydroxylation is 1. The number of H-pyrrole nitrogens is 1. The Kier molecular flexibility index (Phi) is 7.66. The van der Waals surface area contributed by atoms with Gasteiger partial charge in [-0.25, -0.2) is 9.59 Å². The summed E-state index contributed by atoms with van der Waals surface area (Å²) in [6.07, 6.45) is 5.36. The Bertz CT molecular complexity index is 715. The number of hydrogen-bond acceptors (Lipinski definition) is 5. The summed E-state index contributed by atoms with van der Waals surface area (Å²) in [4.78, 5) is 40.1. The molecule has 0 spiro atoms. The minimum atomic E-state index is -0.912. The average Bonchev–Trinajstić information content (AvgIpc) is 2.76. The van der Waals surface area contributed by atoms with E-state index in [1.165, 1.54) is 12.8 Å². The second kappa shape index (κ2) is 9.75. The molecule has 156 valence electrons. The first-order valence-electron chi connectivity index (χ1n) is 10.1. The van der Waals surface area contributed by atoms with Crippen LogP contribution in [0.25, 0.3) is 0 Å². The molecule has 1 atom stereocenters. The van der Waals surface area contributed by atoms with E-state index in [0.717, 1.165) is 25.7 Å². The Labute approximate surface area is 166 Å². The van der Waals surface area contributed by atoms with Crippen molar-refractivity contribution in [1.82, 2.24) is 10.3 Å². The summed E-state index contributed by atoms with van der Waals surface area (Å²) in [7, 11) is 0. The van der Waals surface area contributed by atoms with Crippen LogP contribution in [0.3, 0.4) is 0 Å². The van der Waals surface area contributed by atoms with E-state index in [9.17, 15) is 14.4 Å². The third-order valence-corrected chi connectivity index (χ3v) is 5.04. The van der Waals surface area contributed by atoms with Gasteiger partial charge in [-0.3, -0.25) is 4.79 Å². The molecule has 1 amide bonds. The van der Waals surface area contributed by atoms with E-state index in [-0.39, 0.29) is 23.7 Å². The smallest absolute Gasteiger partial charge is 0.355 e. The number of amides is 1. The quantitative estimate of drug-likeness (QED) is 0.570. The summed E-state index contributed by atoms with van der Waals surface area (Å²) in [5.74, 6) is -1.44. The van der Waals surface area contributed by atoms with Gasteiger partial charge < -0.3 is 19.8 Å². The maximum Gasteiger partial charge on any atom is 0.355 e. The van der Waals surface area contributed by atoms with Gasteiger partial charge in [-0.2, -0.15) is 0 Å². The van der Waals surface area contributed by atoms with Crippen molar-refractivity contribution in [2.45, 2.75) is 91.4 Å². The van der Waals surface area contributed by atoms with Crippen LogP contribution >= 0.6 is 0 Å². The minimum absolute atomic E-state index is 0.142. The molecule has 1 saturated carbocycles. The zero-order valence-electron chi connectivity index (χ0n) is 17.5. The fourth-order valence-corrected chi connectivity index (χ4v) is 3.55. The number of aromatic amines is 1. The SMILES string of the molecule is Cc1[nH]c(C(=O)O[C@H](C)C(=O)NC2CCCCCC2)c(C)c1C(=O)OC(C)C. The minimum Gasteiger partial charge on any atom is -0.459 e. The van der Waals surface area contributed by atoms with Crippen molar-refractivity contribution in [3.8, 4) is 0 Å². The Morgan fingerprint density at radius 1 is 0.964 bits per heavy atom. The molecule has 0 saturated heterocycles. The van der Waals surface area contributed by atoms with Crippen molar-refractivity contribution < 1.29 is 23.9 Å². The first kappa shape index (κ1) is 22.0. The summed E-state index contributed by atoms with van der Waals surface area (Å²) in [6, 6.07) is 0.142. The van der Waals surface area contributed by atoms with Crippen LogP contribution in [0.15, 0.2) is 0 Å². The van der Waals surface area contributed by atoms with Crippen molar-refractivity contribution in [3.63, 3.8) is 0 Å². The van der Waals surface area contributed by atoms with Crippen LogP contribution in [0.5, 0.6) is 0 Å². The lowest BCUT2D eigenvalue weighted by Gasteiger charge is -2.19. The molecule has 7 heteroatoms. The van der Waals surface area contributed by atoms with Gasteiger partial charge in [-0.15, -0.1) is 0 Å². The molecule has 7 nitrogen and oxygen atoms in total. The Balaban J connectivity index is 2.01. The first-order chi connectivity index (χ1) is 13.2. The van der Waals surface area contributed by atoms with E-state index in [2.05, 4.69) is 10.3 Å². The number of carbonyl (C=O) groups is 3. The van der Waals surface area contributed by atoms with Gasteiger partial charge in [0.05, 0.1) is 11.7 Å². The number of aromatic nitrogens is 1. The molecule has 1 fully saturated rings. The van der Waals surface area contributed by atoms with Gasteiger partial charge in [-0.1, -0.05) is 25.7 Å². The molecule has 0 aromatic carbocycles. The fraction of sp³-hybridized carbons (Fsp3) is 0.667. The van der Waals surface area contributed by atoms with Crippen molar-refractivity contribution in [1.29, 1.82) is 0 Å². The van der Waals surface area contributed by atoms with E-state index < -0.39 is 18.0 Å². The summed E-state index contributed by atoms with van der Waals surface area (Å²) < 4.78 is 10.6. The zero-order valence-corrected chi connectivity index (χ0v) is 17.5. The number of ether oxygens (including phenoxy) is 2. The summed E-state index contributed by atoms with van der Waals surface area (Å²) >= 11 is 0. The van der Waals surface area contributed by atoms with Gasteiger partial charge in [0, 0.05) is 11.7 Å². The topological polar surface area (TPSA) is 97.5 Å². The predicted octanol–water partition coefficient (Wildman–Crippen LogP) is 3.58. The standard InChI is InChI=1S/C21H32N2O5/c1-12(2)27-20(25)17-13(3)18(22-14(17)4)21(26)28-15(5)19(24)23-16-10-8-6-7-9-11-16/h12,15-16,22H,6-11H2,1-5H3,(H,23,24)/t15-/m1/s1. The average molecular weight is 392 g/mol. The van der Waals surface area contributed by atoms with Crippen LogP contribution in [0.1, 0.15) is 91.4 Å². The highest BCUT2D eigenvalue weighted by molar-refractivity contribution is 5.99. The Hall–Kier alpha value is -2.31. The monoisotopic (exact) mass is 392 g/mol. The lowest BCUT2D eigenvalue weighted by atomic mass is 10.1. The fourth-order valence-electron chi connectivity index (χ4n) is 3.55. The Morgan fingerprint density at radius 3 is 2.14 bits per heavy atom. The van der Waals surface area contributed by atoms with Gasteiger partial charge in [0.25, 0.3) is 5.91 Å². The molecule has 0 bridgehead atoms. The summed E-state index contributed by atoms with van der Waals surface area (Å²) in [6.45, 7) is 8.44. The molecule has 1 aliphatic carbocycles. The van der Waals surface area contributed by atoms with Gasteiger partial charge in [0.15, 0.2) is 6.10 Å². The lowest BCUT2D eigenvalue weighted by molar-refractivity contribution is -0.129. The van der Waals surface area contributed by atoms with Crippen LogP contribution in [0, 0.1) is 13.8 Å². The van der Waals surface area contributed by atoms with E-state index in [0.29, 0.717) is 16.8 Å². The molecule has 0 unspecified atom stereocenters. The van der Waals surface area contributed by atoms with Crippen LogP contribution in [-0.2, 0) is 14.3 Å². The largest absolute Gasteiger partial charge is 0.459 e. The highest BCUT2D eigenvalue weighted by Gasteiger charge is 2.27. The molecule has 1 heterocycles. The highest BCUT2D eigenvalue weighted by atomic mass is 16.6. The predicted molar refractivity (Wildman–Crippen MR) is 105 cm³/mol. The van der Waals surface area contributed by atoms with Crippen LogP contribution in [0.2, 0.25) is 0 Å². The van der Waals surface area contributed by atoms with E-state index in [4.69, 9.17) is 9.47 Å². The van der Waals surface area contributed by atoms with Crippen molar-refractivity contribution in [2.24, 2.45) is 0 Å². The summed E-state index contributed by atoms with van der Waals surface area (Å²) in [5, 5.41) is 2.99. The molecule has 0 aliphatic heterocycles. The molecule has 2 rings (SSSR count).